The lowest BCUT2D eigenvalue weighted by atomic mass is 10.1. The number of aromatic nitrogens is 1. The number of nitrogens with zero attached hydrogens (tertiary/aromatic N) is 2. The van der Waals surface area contributed by atoms with Crippen molar-refractivity contribution in [2.45, 2.75) is 19.5 Å². The lowest BCUT2D eigenvalue weighted by Crippen LogP contribution is -2.43. The van der Waals surface area contributed by atoms with E-state index < -0.39 is 0 Å². The minimum absolute atomic E-state index is 0.00481. The fourth-order valence-electron chi connectivity index (χ4n) is 2.23. The molecule has 1 unspecified atom stereocenters. The first-order valence-corrected chi connectivity index (χ1v) is 5.81. The van der Waals surface area contributed by atoms with Crippen molar-refractivity contribution in [2.75, 3.05) is 19.6 Å². The molecule has 1 aromatic rings. The van der Waals surface area contributed by atoms with Crippen molar-refractivity contribution in [1.82, 2.24) is 14.8 Å². The van der Waals surface area contributed by atoms with Crippen LogP contribution in [0.25, 0.3) is 0 Å². The van der Waals surface area contributed by atoms with E-state index in [1.54, 1.807) is 0 Å². The molecule has 1 amide bonds. The normalized spacial score (nSPS) is 19.4. The Hall–Kier alpha value is -1.73. The van der Waals surface area contributed by atoms with Crippen LogP contribution in [0, 0.1) is 12.3 Å². The van der Waals surface area contributed by atoms with Gasteiger partial charge in [0.15, 0.2) is 0 Å². The number of carbonyl (C=O) groups is 1. The number of hydrogen-bond acceptors (Lipinski definition) is 2. The number of amides is 1. The topological polar surface area (TPSA) is 37.3 Å². The van der Waals surface area contributed by atoms with Gasteiger partial charge in [-0.05, 0) is 19.1 Å². The molecule has 0 saturated carbocycles. The fraction of sp³-hybridized carbons (Fsp3) is 0.462. The van der Waals surface area contributed by atoms with Gasteiger partial charge in [0.05, 0.1) is 13.1 Å². The second-order valence-electron chi connectivity index (χ2n) is 4.25. The minimum Gasteiger partial charge on any atom is -0.349 e. The van der Waals surface area contributed by atoms with E-state index in [1.807, 2.05) is 6.07 Å². The first-order chi connectivity index (χ1) is 8.22. The summed E-state index contributed by atoms with van der Waals surface area (Å²) in [5, 5.41) is 2.69. The van der Waals surface area contributed by atoms with E-state index in [0.717, 1.165) is 13.1 Å². The molecule has 0 fully saturated rings. The van der Waals surface area contributed by atoms with Crippen molar-refractivity contribution in [3.63, 3.8) is 0 Å². The van der Waals surface area contributed by atoms with E-state index in [4.69, 9.17) is 6.42 Å². The van der Waals surface area contributed by atoms with Gasteiger partial charge in [0.2, 0.25) is 5.91 Å². The summed E-state index contributed by atoms with van der Waals surface area (Å²) in [7, 11) is 0. The molecule has 0 radical (unpaired) electrons. The number of nitrogens with one attached hydrogen (secondary N) is 1. The van der Waals surface area contributed by atoms with Gasteiger partial charge in [-0.15, -0.1) is 6.42 Å². The average molecular weight is 231 g/mol. The smallest absolute Gasteiger partial charge is 0.234 e. The zero-order chi connectivity index (χ0) is 12.3. The highest BCUT2D eigenvalue weighted by molar-refractivity contribution is 5.78. The minimum atomic E-state index is -0.00481. The number of carbonyl (C=O) groups excluding carboxylic acids is 1. The van der Waals surface area contributed by atoms with Crippen LogP contribution in [0.4, 0.5) is 0 Å². The number of rotatable bonds is 3. The Bertz CT molecular complexity index is 444. The van der Waals surface area contributed by atoms with Crippen LogP contribution in [0.3, 0.4) is 0 Å². The summed E-state index contributed by atoms with van der Waals surface area (Å²) in [5.41, 5.74) is 1.26. The SMILES string of the molecule is C#CCNC(=O)CN1CCn2cccc2C1C. The third-order valence-corrected chi connectivity index (χ3v) is 3.20. The molecule has 1 aliphatic heterocycles. The van der Waals surface area contributed by atoms with E-state index in [1.165, 1.54) is 5.69 Å². The summed E-state index contributed by atoms with van der Waals surface area (Å²) in [6.07, 6.45) is 7.19. The van der Waals surface area contributed by atoms with Gasteiger partial charge in [-0.25, -0.2) is 0 Å². The maximum absolute atomic E-state index is 11.6. The first kappa shape index (κ1) is 11.7. The van der Waals surface area contributed by atoms with Gasteiger partial charge >= 0.3 is 0 Å². The molecule has 0 spiro atoms. The summed E-state index contributed by atoms with van der Waals surface area (Å²) in [6.45, 7) is 4.67. The van der Waals surface area contributed by atoms with Crippen molar-refractivity contribution < 1.29 is 4.79 Å². The highest BCUT2D eigenvalue weighted by Crippen LogP contribution is 2.24. The van der Waals surface area contributed by atoms with Crippen molar-refractivity contribution in [3.05, 3.63) is 24.0 Å². The van der Waals surface area contributed by atoms with Crippen molar-refractivity contribution in [1.29, 1.82) is 0 Å². The molecule has 4 heteroatoms. The van der Waals surface area contributed by atoms with Crippen molar-refractivity contribution in [3.8, 4) is 12.3 Å². The molecule has 0 aliphatic carbocycles. The third-order valence-electron chi connectivity index (χ3n) is 3.20. The lowest BCUT2D eigenvalue weighted by Gasteiger charge is -2.34. The van der Waals surface area contributed by atoms with E-state index >= 15 is 0 Å². The largest absolute Gasteiger partial charge is 0.349 e. The van der Waals surface area contributed by atoms with Crippen LogP contribution >= 0.6 is 0 Å². The fourth-order valence-corrected chi connectivity index (χ4v) is 2.23. The van der Waals surface area contributed by atoms with Gasteiger partial charge in [-0.1, -0.05) is 5.92 Å². The number of fused-ring (bicyclic) bond motifs is 1. The maximum Gasteiger partial charge on any atom is 0.234 e. The standard InChI is InChI=1S/C13H17N3O/c1-3-6-14-13(17)10-16-9-8-15-7-4-5-12(15)11(16)2/h1,4-5,7,11H,6,8-10H2,2H3,(H,14,17). The van der Waals surface area contributed by atoms with Crippen LogP contribution in [-0.2, 0) is 11.3 Å². The third kappa shape index (κ3) is 2.51. The molecular weight excluding hydrogens is 214 g/mol. The Labute approximate surface area is 102 Å². The van der Waals surface area contributed by atoms with Gasteiger partial charge in [0.25, 0.3) is 0 Å². The van der Waals surface area contributed by atoms with E-state index in [2.05, 4.69) is 39.9 Å². The summed E-state index contributed by atoms with van der Waals surface area (Å²) >= 11 is 0. The predicted octanol–water partition coefficient (Wildman–Crippen LogP) is 0.614. The average Bonchev–Trinajstić information content (AvgIpc) is 2.79. The Morgan fingerprint density at radius 3 is 3.24 bits per heavy atom. The lowest BCUT2D eigenvalue weighted by molar-refractivity contribution is -0.122. The highest BCUT2D eigenvalue weighted by atomic mass is 16.2. The van der Waals surface area contributed by atoms with Gasteiger partial charge in [-0.3, -0.25) is 9.69 Å². The van der Waals surface area contributed by atoms with E-state index in [9.17, 15) is 4.79 Å². The molecule has 0 aromatic carbocycles. The van der Waals surface area contributed by atoms with Crippen LogP contribution in [0.2, 0.25) is 0 Å². The molecule has 1 N–H and O–H groups in total. The van der Waals surface area contributed by atoms with Crippen LogP contribution in [-0.4, -0.2) is 35.0 Å². The molecular formula is C13H17N3O. The molecule has 0 saturated heterocycles. The maximum atomic E-state index is 11.6. The Balaban J connectivity index is 1.96. The van der Waals surface area contributed by atoms with Crippen molar-refractivity contribution in [2.24, 2.45) is 0 Å². The zero-order valence-corrected chi connectivity index (χ0v) is 10.0. The number of hydrogen-bond donors (Lipinski definition) is 1. The monoisotopic (exact) mass is 231 g/mol. The van der Waals surface area contributed by atoms with Gasteiger partial charge in [-0.2, -0.15) is 0 Å². The second kappa shape index (κ2) is 5.07. The predicted molar refractivity (Wildman–Crippen MR) is 66.3 cm³/mol. The summed E-state index contributed by atoms with van der Waals surface area (Å²) in [4.78, 5) is 13.8. The molecule has 1 aliphatic rings. The van der Waals surface area contributed by atoms with Crippen LogP contribution in [0.15, 0.2) is 18.3 Å². The van der Waals surface area contributed by atoms with E-state index in [-0.39, 0.29) is 11.9 Å². The molecule has 0 bridgehead atoms. The molecule has 17 heavy (non-hydrogen) atoms. The summed E-state index contributed by atoms with van der Waals surface area (Å²) in [5.74, 6) is 2.40. The molecule has 4 nitrogen and oxygen atoms in total. The number of terminal acetylenes is 1. The van der Waals surface area contributed by atoms with Gasteiger partial charge in [0, 0.05) is 31.0 Å². The highest BCUT2D eigenvalue weighted by Gasteiger charge is 2.24. The molecule has 1 aromatic heterocycles. The molecule has 2 heterocycles. The second-order valence-corrected chi connectivity index (χ2v) is 4.25. The molecule has 90 valence electrons. The van der Waals surface area contributed by atoms with Gasteiger partial charge in [0.1, 0.15) is 0 Å². The zero-order valence-electron chi connectivity index (χ0n) is 10.0. The molecule has 1 atom stereocenters. The van der Waals surface area contributed by atoms with Gasteiger partial charge < -0.3 is 9.88 Å². The molecule has 2 rings (SSSR count). The van der Waals surface area contributed by atoms with Crippen LogP contribution < -0.4 is 5.32 Å². The van der Waals surface area contributed by atoms with Crippen LogP contribution in [0.1, 0.15) is 18.7 Å². The quantitative estimate of drug-likeness (QED) is 0.774. The van der Waals surface area contributed by atoms with Crippen LogP contribution in [0.5, 0.6) is 0 Å². The Morgan fingerprint density at radius 2 is 2.47 bits per heavy atom. The first-order valence-electron chi connectivity index (χ1n) is 5.81. The Kier molecular flexibility index (Phi) is 3.50. The van der Waals surface area contributed by atoms with E-state index in [0.29, 0.717) is 13.1 Å². The Morgan fingerprint density at radius 1 is 1.65 bits per heavy atom. The summed E-state index contributed by atoms with van der Waals surface area (Å²) in [6, 6.07) is 4.43. The summed E-state index contributed by atoms with van der Waals surface area (Å²) < 4.78 is 2.24. The van der Waals surface area contributed by atoms with Crippen molar-refractivity contribution >= 4 is 5.91 Å².